The first kappa shape index (κ1) is 26.1. The van der Waals surface area contributed by atoms with Crippen LogP contribution in [0.1, 0.15) is 35.3 Å². The molecule has 1 unspecified atom stereocenters. The Morgan fingerprint density at radius 2 is 1.67 bits per heavy atom. The van der Waals surface area contributed by atoms with Gasteiger partial charge in [-0.05, 0) is 37.1 Å². The maximum absolute atomic E-state index is 13.1. The van der Waals surface area contributed by atoms with Crippen LogP contribution in [-0.2, 0) is 33.8 Å². The van der Waals surface area contributed by atoms with Crippen LogP contribution in [0, 0.1) is 0 Å². The van der Waals surface area contributed by atoms with E-state index in [0.29, 0.717) is 11.1 Å². The standard InChI is InChI=1S/C26H27N3O7/c1-3-36-25(34)22(13-18-9-11-20(31)12-10-18)27-23(32)16-28-15-21(17(2)30)24(33)29(26(28)35)14-19-7-5-4-6-8-19/h4-12,15,22,31H,3,13-14,16H2,1-2H3,(H,27,32). The minimum absolute atomic E-state index is 0.0572. The molecule has 0 radical (unpaired) electrons. The zero-order chi connectivity index (χ0) is 26.2. The molecule has 10 nitrogen and oxygen atoms in total. The Morgan fingerprint density at radius 1 is 1.00 bits per heavy atom. The number of aromatic nitrogens is 2. The van der Waals surface area contributed by atoms with Crippen molar-refractivity contribution >= 4 is 17.7 Å². The van der Waals surface area contributed by atoms with E-state index >= 15 is 0 Å². The predicted octanol–water partition coefficient (Wildman–Crippen LogP) is 1.26. The van der Waals surface area contributed by atoms with E-state index in [1.165, 1.54) is 19.1 Å². The number of Topliss-reactive ketones (excluding diaryl/α,β-unsaturated/α-hetero) is 1. The van der Waals surface area contributed by atoms with Crippen molar-refractivity contribution in [1.29, 1.82) is 0 Å². The van der Waals surface area contributed by atoms with Gasteiger partial charge in [0.1, 0.15) is 18.3 Å². The van der Waals surface area contributed by atoms with Crippen LogP contribution < -0.4 is 16.6 Å². The number of esters is 1. The molecule has 1 aromatic heterocycles. The molecule has 0 aliphatic heterocycles. The van der Waals surface area contributed by atoms with Gasteiger partial charge in [-0.15, -0.1) is 0 Å². The van der Waals surface area contributed by atoms with Crippen LogP contribution in [0.4, 0.5) is 0 Å². The van der Waals surface area contributed by atoms with Crippen LogP contribution >= 0.6 is 0 Å². The van der Waals surface area contributed by atoms with Crippen molar-refractivity contribution in [1.82, 2.24) is 14.5 Å². The van der Waals surface area contributed by atoms with Gasteiger partial charge in [0.25, 0.3) is 5.56 Å². The van der Waals surface area contributed by atoms with Crippen LogP contribution in [0.2, 0.25) is 0 Å². The number of nitrogens with zero attached hydrogens (tertiary/aromatic N) is 2. The van der Waals surface area contributed by atoms with E-state index < -0.39 is 41.5 Å². The number of ether oxygens (including phenoxy) is 1. The molecule has 1 amide bonds. The summed E-state index contributed by atoms with van der Waals surface area (Å²) in [7, 11) is 0. The zero-order valence-electron chi connectivity index (χ0n) is 20.0. The highest BCUT2D eigenvalue weighted by molar-refractivity contribution is 5.93. The number of phenolic OH excluding ortho intramolecular Hbond substituents is 1. The number of nitrogens with one attached hydrogen (secondary N) is 1. The van der Waals surface area contributed by atoms with Crippen molar-refractivity contribution in [3.63, 3.8) is 0 Å². The maximum atomic E-state index is 13.1. The Labute approximate surface area is 206 Å². The number of rotatable bonds is 10. The third-order valence-corrected chi connectivity index (χ3v) is 5.40. The molecule has 10 heteroatoms. The second kappa shape index (κ2) is 11.8. The Kier molecular flexibility index (Phi) is 8.56. The van der Waals surface area contributed by atoms with Gasteiger partial charge < -0.3 is 15.2 Å². The third kappa shape index (κ3) is 6.56. The molecule has 1 heterocycles. The second-order valence-corrected chi connectivity index (χ2v) is 8.13. The highest BCUT2D eigenvalue weighted by Crippen LogP contribution is 2.12. The normalized spacial score (nSPS) is 11.5. The fourth-order valence-electron chi connectivity index (χ4n) is 3.61. The van der Waals surface area contributed by atoms with Gasteiger partial charge in [-0.1, -0.05) is 42.5 Å². The van der Waals surface area contributed by atoms with Gasteiger partial charge in [-0.25, -0.2) is 9.59 Å². The Balaban J connectivity index is 1.88. The van der Waals surface area contributed by atoms with Gasteiger partial charge in [0.15, 0.2) is 5.78 Å². The van der Waals surface area contributed by atoms with Gasteiger partial charge in [0, 0.05) is 12.6 Å². The predicted molar refractivity (Wildman–Crippen MR) is 131 cm³/mol. The number of phenols is 1. The molecule has 0 spiro atoms. The molecule has 1 atom stereocenters. The Hall–Kier alpha value is -4.47. The highest BCUT2D eigenvalue weighted by atomic mass is 16.5. The van der Waals surface area contributed by atoms with E-state index in [2.05, 4.69) is 5.32 Å². The molecule has 0 saturated carbocycles. The molecule has 0 saturated heterocycles. The summed E-state index contributed by atoms with van der Waals surface area (Å²) in [5, 5.41) is 12.0. The summed E-state index contributed by atoms with van der Waals surface area (Å²) in [6, 6.07) is 13.8. The summed E-state index contributed by atoms with van der Waals surface area (Å²) >= 11 is 0. The number of aromatic hydroxyl groups is 1. The van der Waals surface area contributed by atoms with E-state index in [4.69, 9.17) is 4.74 Å². The fraction of sp³-hybridized carbons (Fsp3) is 0.269. The molecule has 0 bridgehead atoms. The summed E-state index contributed by atoms with van der Waals surface area (Å²) in [6.07, 6.45) is 1.15. The molecule has 2 N–H and O–H groups in total. The number of hydrogen-bond donors (Lipinski definition) is 2. The lowest BCUT2D eigenvalue weighted by Gasteiger charge is -2.18. The summed E-state index contributed by atoms with van der Waals surface area (Å²) in [4.78, 5) is 63.3. The largest absolute Gasteiger partial charge is 0.508 e. The van der Waals surface area contributed by atoms with Crippen LogP contribution in [-0.4, -0.2) is 44.5 Å². The quantitative estimate of drug-likeness (QED) is 0.320. The second-order valence-electron chi connectivity index (χ2n) is 8.13. The molecule has 0 aliphatic carbocycles. The summed E-state index contributed by atoms with van der Waals surface area (Å²) in [5.41, 5.74) is -0.410. The van der Waals surface area contributed by atoms with Crippen molar-refractivity contribution in [2.45, 2.75) is 39.4 Å². The van der Waals surface area contributed by atoms with Crippen molar-refractivity contribution in [3.8, 4) is 5.75 Å². The highest BCUT2D eigenvalue weighted by Gasteiger charge is 2.24. The Bertz CT molecular complexity index is 1360. The number of carbonyl (C=O) groups excluding carboxylic acids is 3. The van der Waals surface area contributed by atoms with E-state index in [1.807, 2.05) is 0 Å². The molecule has 0 aliphatic rings. The molecular formula is C26H27N3O7. The average molecular weight is 494 g/mol. The van der Waals surface area contributed by atoms with Crippen LogP contribution in [0.15, 0.2) is 70.4 Å². The lowest BCUT2D eigenvalue weighted by Crippen LogP contribution is -2.48. The number of hydrogen-bond acceptors (Lipinski definition) is 7. The number of ketones is 1. The summed E-state index contributed by atoms with van der Waals surface area (Å²) in [6.45, 7) is 2.34. The monoisotopic (exact) mass is 493 g/mol. The molecule has 36 heavy (non-hydrogen) atoms. The third-order valence-electron chi connectivity index (χ3n) is 5.40. The Morgan fingerprint density at radius 3 is 2.28 bits per heavy atom. The van der Waals surface area contributed by atoms with Crippen molar-refractivity contribution in [2.75, 3.05) is 6.61 Å². The molecule has 2 aromatic carbocycles. The number of benzene rings is 2. The van der Waals surface area contributed by atoms with Gasteiger partial charge >= 0.3 is 11.7 Å². The van der Waals surface area contributed by atoms with Gasteiger partial charge in [-0.2, -0.15) is 0 Å². The van der Waals surface area contributed by atoms with Crippen molar-refractivity contribution in [3.05, 3.63) is 98.3 Å². The van der Waals surface area contributed by atoms with Gasteiger partial charge in [0.05, 0.1) is 18.7 Å². The molecule has 188 valence electrons. The number of carbonyl (C=O) groups is 3. The van der Waals surface area contributed by atoms with E-state index in [9.17, 15) is 29.1 Å². The van der Waals surface area contributed by atoms with Crippen molar-refractivity contribution in [2.24, 2.45) is 0 Å². The average Bonchev–Trinajstić information content (AvgIpc) is 2.85. The maximum Gasteiger partial charge on any atom is 0.331 e. The lowest BCUT2D eigenvalue weighted by molar-refractivity contribution is -0.147. The minimum Gasteiger partial charge on any atom is -0.508 e. The lowest BCUT2D eigenvalue weighted by atomic mass is 10.1. The molecule has 0 fully saturated rings. The van der Waals surface area contributed by atoms with E-state index in [0.717, 1.165) is 15.3 Å². The molecular weight excluding hydrogens is 466 g/mol. The summed E-state index contributed by atoms with van der Waals surface area (Å²) in [5.74, 6) is -1.84. The first-order valence-electron chi connectivity index (χ1n) is 11.3. The van der Waals surface area contributed by atoms with Gasteiger partial charge in [-0.3, -0.25) is 23.5 Å². The van der Waals surface area contributed by atoms with Crippen LogP contribution in [0.5, 0.6) is 5.75 Å². The fourth-order valence-corrected chi connectivity index (χ4v) is 3.61. The van der Waals surface area contributed by atoms with E-state index in [1.54, 1.807) is 49.4 Å². The first-order valence-corrected chi connectivity index (χ1v) is 11.3. The van der Waals surface area contributed by atoms with Crippen LogP contribution in [0.25, 0.3) is 0 Å². The molecule has 3 aromatic rings. The van der Waals surface area contributed by atoms with Crippen molar-refractivity contribution < 1.29 is 24.2 Å². The SMILES string of the molecule is CCOC(=O)C(Cc1ccc(O)cc1)NC(=O)Cn1cc(C(C)=O)c(=O)n(Cc2ccccc2)c1=O. The van der Waals surface area contributed by atoms with Crippen LogP contribution in [0.3, 0.4) is 0 Å². The minimum atomic E-state index is -1.06. The topological polar surface area (TPSA) is 137 Å². The van der Waals surface area contributed by atoms with E-state index in [-0.39, 0.29) is 30.9 Å². The zero-order valence-corrected chi connectivity index (χ0v) is 20.0. The first-order chi connectivity index (χ1) is 17.2. The number of amides is 1. The smallest absolute Gasteiger partial charge is 0.331 e. The van der Waals surface area contributed by atoms with Gasteiger partial charge in [0.2, 0.25) is 5.91 Å². The summed E-state index contributed by atoms with van der Waals surface area (Å²) < 4.78 is 6.94. The molecule has 3 rings (SSSR count).